The van der Waals surface area contributed by atoms with E-state index in [0.717, 1.165) is 16.3 Å². The molecule has 1 N–H and O–H groups in total. The van der Waals surface area contributed by atoms with E-state index < -0.39 is 0 Å². The highest BCUT2D eigenvalue weighted by Crippen LogP contribution is 2.43. The SMILES string of the molecule is [C-]#[N+]c1c(Cl)nc(SCc2csc(-c3ccc(Cl)cc3)n2)c(C#N)c1-c1ccc(OCCO)cc1. The van der Waals surface area contributed by atoms with Gasteiger partial charge in [-0.3, -0.25) is 0 Å². The molecule has 0 spiro atoms. The standard InChI is InChI=1S/C25H16Cl2N4O2S2/c1-29-22-21(15-4-8-19(9-5-15)33-11-10-32)20(12-28)25(31-23(22)27)35-14-18-13-34-24(30-18)16-2-6-17(26)7-3-16/h2-9,13,32H,10-11,14H2. The van der Waals surface area contributed by atoms with Gasteiger partial charge in [0.15, 0.2) is 0 Å². The van der Waals surface area contributed by atoms with E-state index in [-0.39, 0.29) is 29.6 Å². The van der Waals surface area contributed by atoms with Crippen LogP contribution in [0, 0.1) is 17.9 Å². The van der Waals surface area contributed by atoms with Crippen molar-refractivity contribution in [1.82, 2.24) is 9.97 Å². The number of pyridine rings is 1. The Labute approximate surface area is 220 Å². The number of nitriles is 1. The van der Waals surface area contributed by atoms with Crippen molar-refractivity contribution in [3.8, 4) is 33.5 Å². The quantitative estimate of drug-likeness (QED) is 0.144. The summed E-state index contributed by atoms with van der Waals surface area (Å²) in [5.41, 5.74) is 3.29. The molecule has 2 heterocycles. The molecule has 10 heteroatoms. The van der Waals surface area contributed by atoms with Gasteiger partial charge in [0.2, 0.25) is 5.69 Å². The molecule has 0 radical (unpaired) electrons. The number of hydrogen-bond acceptors (Lipinski definition) is 7. The maximum absolute atomic E-state index is 9.99. The Morgan fingerprint density at radius 2 is 1.80 bits per heavy atom. The van der Waals surface area contributed by atoms with E-state index in [1.54, 1.807) is 24.3 Å². The highest BCUT2D eigenvalue weighted by molar-refractivity contribution is 7.98. The van der Waals surface area contributed by atoms with Crippen molar-refractivity contribution in [3.63, 3.8) is 0 Å². The van der Waals surface area contributed by atoms with Crippen molar-refractivity contribution in [3.05, 3.63) is 86.8 Å². The first-order valence-corrected chi connectivity index (χ1v) is 12.8. The Morgan fingerprint density at radius 1 is 1.09 bits per heavy atom. The number of benzene rings is 2. The van der Waals surface area contributed by atoms with Crippen molar-refractivity contribution in [2.45, 2.75) is 10.8 Å². The minimum Gasteiger partial charge on any atom is -0.491 e. The summed E-state index contributed by atoms with van der Waals surface area (Å²) < 4.78 is 5.40. The molecule has 6 nitrogen and oxygen atoms in total. The van der Waals surface area contributed by atoms with Crippen molar-refractivity contribution in [2.24, 2.45) is 0 Å². The molecule has 2 aromatic heterocycles. The van der Waals surface area contributed by atoms with Crippen LogP contribution in [0.25, 0.3) is 26.5 Å². The number of aromatic nitrogens is 2. The second kappa shape index (κ2) is 11.5. The number of halogens is 2. The molecular formula is C25H16Cl2N4O2S2. The van der Waals surface area contributed by atoms with Gasteiger partial charge in [-0.05, 0) is 29.8 Å². The van der Waals surface area contributed by atoms with E-state index in [0.29, 0.717) is 32.7 Å². The minimum absolute atomic E-state index is 0.0391. The zero-order chi connectivity index (χ0) is 24.8. The molecule has 0 fully saturated rings. The molecule has 0 amide bonds. The Kier molecular flexibility index (Phi) is 8.25. The third kappa shape index (κ3) is 5.76. The van der Waals surface area contributed by atoms with Gasteiger partial charge in [0.1, 0.15) is 33.6 Å². The van der Waals surface area contributed by atoms with E-state index in [2.05, 4.69) is 20.9 Å². The molecule has 0 aliphatic carbocycles. The summed E-state index contributed by atoms with van der Waals surface area (Å²) in [5.74, 6) is 1.05. The monoisotopic (exact) mass is 538 g/mol. The maximum Gasteiger partial charge on any atom is 0.232 e. The largest absolute Gasteiger partial charge is 0.491 e. The van der Waals surface area contributed by atoms with Crippen molar-refractivity contribution >= 4 is 52.0 Å². The zero-order valence-electron chi connectivity index (χ0n) is 18.0. The summed E-state index contributed by atoms with van der Waals surface area (Å²) in [6, 6.07) is 16.6. The van der Waals surface area contributed by atoms with Crippen LogP contribution < -0.4 is 4.74 Å². The molecule has 4 rings (SSSR count). The molecule has 0 unspecified atom stereocenters. The molecule has 0 bridgehead atoms. The fourth-order valence-electron chi connectivity index (χ4n) is 3.24. The van der Waals surface area contributed by atoms with Crippen molar-refractivity contribution < 1.29 is 9.84 Å². The highest BCUT2D eigenvalue weighted by Gasteiger charge is 2.21. The van der Waals surface area contributed by atoms with E-state index in [4.69, 9.17) is 39.6 Å². The lowest BCUT2D eigenvalue weighted by Gasteiger charge is -2.13. The van der Waals surface area contributed by atoms with Gasteiger partial charge in [-0.1, -0.05) is 59.2 Å². The summed E-state index contributed by atoms with van der Waals surface area (Å²) in [7, 11) is 0. The summed E-state index contributed by atoms with van der Waals surface area (Å²) in [6.07, 6.45) is 0. The molecule has 4 aromatic rings. The van der Waals surface area contributed by atoms with Crippen LogP contribution in [0.15, 0.2) is 58.9 Å². The van der Waals surface area contributed by atoms with Gasteiger partial charge in [-0.15, -0.1) is 11.3 Å². The van der Waals surface area contributed by atoms with E-state index >= 15 is 0 Å². The zero-order valence-corrected chi connectivity index (χ0v) is 21.2. The predicted molar refractivity (Wildman–Crippen MR) is 140 cm³/mol. The first kappa shape index (κ1) is 25.0. The van der Waals surface area contributed by atoms with Crippen LogP contribution >= 0.6 is 46.3 Å². The van der Waals surface area contributed by atoms with Gasteiger partial charge in [0.25, 0.3) is 0 Å². The normalized spacial score (nSPS) is 10.5. The van der Waals surface area contributed by atoms with E-state index in [1.807, 2.05) is 29.6 Å². The van der Waals surface area contributed by atoms with Gasteiger partial charge in [0.05, 0.1) is 24.4 Å². The number of thiazole rings is 1. The first-order valence-electron chi connectivity index (χ1n) is 10.2. The number of ether oxygens (including phenoxy) is 1. The van der Waals surface area contributed by atoms with E-state index in [1.165, 1.54) is 23.1 Å². The second-order valence-electron chi connectivity index (χ2n) is 7.07. The van der Waals surface area contributed by atoms with Crippen molar-refractivity contribution in [1.29, 1.82) is 5.26 Å². The number of thioether (sulfide) groups is 1. The molecule has 0 aliphatic heterocycles. The van der Waals surface area contributed by atoms with Crippen LogP contribution in [-0.4, -0.2) is 28.3 Å². The summed E-state index contributed by atoms with van der Waals surface area (Å²) in [6.45, 7) is 7.68. The summed E-state index contributed by atoms with van der Waals surface area (Å²) in [4.78, 5) is 12.6. The topological polar surface area (TPSA) is 83.4 Å². The summed E-state index contributed by atoms with van der Waals surface area (Å²) in [5, 5.41) is 22.9. The molecule has 174 valence electrons. The van der Waals surface area contributed by atoms with Crippen LogP contribution in [0.2, 0.25) is 10.2 Å². The number of aliphatic hydroxyl groups is 1. The average Bonchev–Trinajstić information content (AvgIpc) is 3.35. The fourth-order valence-corrected chi connectivity index (χ4v) is 5.45. The highest BCUT2D eigenvalue weighted by atomic mass is 35.5. The second-order valence-corrected chi connectivity index (χ2v) is 9.68. The van der Waals surface area contributed by atoms with Gasteiger partial charge in [-0.25, -0.2) is 14.8 Å². The lowest BCUT2D eigenvalue weighted by molar-refractivity contribution is 0.201. The predicted octanol–water partition coefficient (Wildman–Crippen LogP) is 7.26. The maximum atomic E-state index is 9.99. The molecule has 0 saturated carbocycles. The van der Waals surface area contributed by atoms with Crippen LogP contribution in [0.4, 0.5) is 5.69 Å². The Bertz CT molecular complexity index is 1430. The number of nitrogens with zero attached hydrogens (tertiary/aromatic N) is 4. The molecule has 0 aliphatic rings. The van der Waals surface area contributed by atoms with Crippen LogP contribution in [-0.2, 0) is 5.75 Å². The number of hydrogen-bond donors (Lipinski definition) is 1. The fraction of sp³-hybridized carbons (Fsp3) is 0.120. The number of rotatable bonds is 8. The average molecular weight is 539 g/mol. The minimum atomic E-state index is -0.0943. The number of aliphatic hydroxyl groups excluding tert-OH is 1. The third-order valence-corrected chi connectivity index (χ3v) is 7.29. The van der Waals surface area contributed by atoms with Gasteiger partial charge in [-0.2, -0.15) is 5.26 Å². The molecule has 0 atom stereocenters. The first-order chi connectivity index (χ1) is 17.0. The Balaban J connectivity index is 1.63. The lowest BCUT2D eigenvalue weighted by atomic mass is 10.0. The smallest absolute Gasteiger partial charge is 0.232 e. The Hall–Kier alpha value is -3.11. The van der Waals surface area contributed by atoms with Gasteiger partial charge in [0, 0.05) is 27.3 Å². The van der Waals surface area contributed by atoms with Gasteiger partial charge >= 0.3 is 0 Å². The van der Waals surface area contributed by atoms with Gasteiger partial charge < -0.3 is 9.84 Å². The van der Waals surface area contributed by atoms with Crippen LogP contribution in [0.3, 0.4) is 0 Å². The molecular weight excluding hydrogens is 523 g/mol. The van der Waals surface area contributed by atoms with E-state index in [9.17, 15) is 5.26 Å². The van der Waals surface area contributed by atoms with Crippen LogP contribution in [0.5, 0.6) is 5.75 Å². The molecule has 2 aromatic carbocycles. The molecule has 35 heavy (non-hydrogen) atoms. The molecule has 0 saturated heterocycles. The summed E-state index contributed by atoms with van der Waals surface area (Å²) >= 11 is 15.2. The van der Waals surface area contributed by atoms with Crippen molar-refractivity contribution in [2.75, 3.05) is 13.2 Å². The third-order valence-electron chi connectivity index (χ3n) is 4.82. The van der Waals surface area contributed by atoms with Crippen LogP contribution in [0.1, 0.15) is 11.3 Å². The Morgan fingerprint density at radius 3 is 2.46 bits per heavy atom. The lowest BCUT2D eigenvalue weighted by Crippen LogP contribution is -2.01.